The van der Waals surface area contributed by atoms with Crippen LogP contribution in [0, 0.1) is 5.41 Å². The summed E-state index contributed by atoms with van der Waals surface area (Å²) in [6.07, 6.45) is 4.98. The summed E-state index contributed by atoms with van der Waals surface area (Å²) in [6, 6.07) is 7.59. The Morgan fingerprint density at radius 3 is 2.33 bits per heavy atom. The maximum atomic E-state index is 12.2. The van der Waals surface area contributed by atoms with E-state index in [4.69, 9.17) is 0 Å². The molecule has 92 valence electrons. The Labute approximate surface area is 107 Å². The average molecular weight is 240 g/mol. The summed E-state index contributed by atoms with van der Waals surface area (Å²) in [7, 11) is 0. The fourth-order valence-electron chi connectivity index (χ4n) is 1.72. The highest BCUT2D eigenvalue weighted by Crippen LogP contribution is 2.24. The normalized spacial score (nSPS) is 11.3. The predicted molar refractivity (Wildman–Crippen MR) is 71.3 cm³/mol. The van der Waals surface area contributed by atoms with E-state index in [-0.39, 0.29) is 11.2 Å². The summed E-state index contributed by atoms with van der Waals surface area (Å²) in [5.41, 5.74) is 2.24. The van der Waals surface area contributed by atoms with Crippen molar-refractivity contribution in [3.05, 3.63) is 48.5 Å². The van der Waals surface area contributed by atoms with Crippen LogP contribution in [0.15, 0.2) is 43.0 Å². The third kappa shape index (κ3) is 2.62. The molecule has 3 nitrogen and oxygen atoms in total. The van der Waals surface area contributed by atoms with Gasteiger partial charge in [-0.15, -0.1) is 0 Å². The van der Waals surface area contributed by atoms with E-state index < -0.39 is 0 Å². The van der Waals surface area contributed by atoms with E-state index in [2.05, 4.69) is 9.97 Å². The fraction of sp³-hybridized carbons (Fsp3) is 0.267. The minimum Gasteiger partial charge on any atom is -0.294 e. The Hall–Kier alpha value is -2.03. The lowest BCUT2D eigenvalue weighted by molar-refractivity contribution is 0.0858. The number of hydrogen-bond acceptors (Lipinski definition) is 3. The third-order valence-electron chi connectivity index (χ3n) is 2.70. The summed E-state index contributed by atoms with van der Waals surface area (Å²) < 4.78 is 0. The van der Waals surface area contributed by atoms with Crippen molar-refractivity contribution in [2.45, 2.75) is 20.8 Å². The van der Waals surface area contributed by atoms with Crippen LogP contribution in [0.1, 0.15) is 31.1 Å². The van der Waals surface area contributed by atoms with Crippen molar-refractivity contribution < 1.29 is 4.79 Å². The smallest absolute Gasteiger partial charge is 0.168 e. The molecule has 3 heteroatoms. The highest BCUT2D eigenvalue weighted by atomic mass is 16.1. The average Bonchev–Trinajstić information content (AvgIpc) is 2.38. The number of carbonyl (C=O) groups excluding carboxylic acids is 1. The van der Waals surface area contributed by atoms with Crippen molar-refractivity contribution in [2.75, 3.05) is 0 Å². The van der Waals surface area contributed by atoms with Gasteiger partial charge in [0.15, 0.2) is 5.78 Å². The molecule has 0 aliphatic carbocycles. The first kappa shape index (κ1) is 12.4. The molecule has 1 aromatic heterocycles. The lowest BCUT2D eigenvalue weighted by atomic mass is 9.86. The van der Waals surface area contributed by atoms with Gasteiger partial charge >= 0.3 is 0 Å². The number of aromatic nitrogens is 2. The Balaban J connectivity index is 2.41. The minimum absolute atomic E-state index is 0.140. The van der Waals surface area contributed by atoms with Gasteiger partial charge in [-0.1, -0.05) is 39.0 Å². The van der Waals surface area contributed by atoms with Crippen molar-refractivity contribution >= 4 is 5.78 Å². The molecule has 0 fully saturated rings. The standard InChI is InChI=1S/C15H16N2O/c1-15(2,3)14(18)12-6-4-5-11(7-12)13-8-16-10-17-9-13/h4-10H,1-3H3. The number of carbonyl (C=O) groups is 1. The molecule has 0 N–H and O–H groups in total. The number of rotatable bonds is 2. The molecule has 0 saturated carbocycles. The van der Waals surface area contributed by atoms with Crippen molar-refractivity contribution in [2.24, 2.45) is 5.41 Å². The highest BCUT2D eigenvalue weighted by molar-refractivity contribution is 6.00. The van der Waals surface area contributed by atoms with Gasteiger partial charge < -0.3 is 0 Å². The van der Waals surface area contributed by atoms with Gasteiger partial charge in [-0.3, -0.25) is 4.79 Å². The number of ketones is 1. The van der Waals surface area contributed by atoms with Crippen LogP contribution in [0.5, 0.6) is 0 Å². The van der Waals surface area contributed by atoms with Crippen LogP contribution in [0.4, 0.5) is 0 Å². The van der Waals surface area contributed by atoms with Crippen LogP contribution in [0.2, 0.25) is 0 Å². The van der Waals surface area contributed by atoms with Gasteiger partial charge in [0.05, 0.1) is 0 Å². The van der Waals surface area contributed by atoms with Crippen LogP contribution in [0.25, 0.3) is 11.1 Å². The third-order valence-corrected chi connectivity index (χ3v) is 2.70. The van der Waals surface area contributed by atoms with Crippen LogP contribution in [-0.4, -0.2) is 15.8 Å². The lowest BCUT2D eigenvalue weighted by Gasteiger charge is -2.17. The van der Waals surface area contributed by atoms with E-state index in [1.54, 1.807) is 12.4 Å². The van der Waals surface area contributed by atoms with E-state index in [9.17, 15) is 4.79 Å². The van der Waals surface area contributed by atoms with Gasteiger partial charge in [0.2, 0.25) is 0 Å². The zero-order valence-electron chi connectivity index (χ0n) is 10.8. The fourth-order valence-corrected chi connectivity index (χ4v) is 1.72. The molecule has 0 atom stereocenters. The minimum atomic E-state index is -0.369. The monoisotopic (exact) mass is 240 g/mol. The summed E-state index contributed by atoms with van der Waals surface area (Å²) in [5.74, 6) is 0.140. The van der Waals surface area contributed by atoms with Crippen molar-refractivity contribution in [3.8, 4) is 11.1 Å². The topological polar surface area (TPSA) is 42.9 Å². The first-order valence-corrected chi connectivity index (χ1v) is 5.89. The largest absolute Gasteiger partial charge is 0.294 e. The van der Waals surface area contributed by atoms with Crippen molar-refractivity contribution in [1.82, 2.24) is 9.97 Å². The van der Waals surface area contributed by atoms with E-state index in [0.29, 0.717) is 0 Å². The van der Waals surface area contributed by atoms with E-state index in [1.807, 2.05) is 45.0 Å². The summed E-state index contributed by atoms with van der Waals surface area (Å²) >= 11 is 0. The predicted octanol–water partition coefficient (Wildman–Crippen LogP) is 3.37. The van der Waals surface area contributed by atoms with E-state index in [1.165, 1.54) is 6.33 Å². The molecule has 2 rings (SSSR count). The Morgan fingerprint density at radius 2 is 1.72 bits per heavy atom. The molecule has 0 amide bonds. The van der Waals surface area contributed by atoms with Gasteiger partial charge in [0, 0.05) is 28.9 Å². The molecular formula is C15H16N2O. The Bertz CT molecular complexity index is 556. The van der Waals surface area contributed by atoms with E-state index >= 15 is 0 Å². The van der Waals surface area contributed by atoms with Crippen molar-refractivity contribution in [3.63, 3.8) is 0 Å². The Morgan fingerprint density at radius 1 is 1.06 bits per heavy atom. The van der Waals surface area contributed by atoms with Gasteiger partial charge in [-0.05, 0) is 11.6 Å². The summed E-state index contributed by atoms with van der Waals surface area (Å²) in [5, 5.41) is 0. The van der Waals surface area contributed by atoms with Gasteiger partial charge in [0.1, 0.15) is 6.33 Å². The molecule has 1 heterocycles. The lowest BCUT2D eigenvalue weighted by Crippen LogP contribution is -2.20. The summed E-state index contributed by atoms with van der Waals surface area (Å²) in [6.45, 7) is 5.77. The summed E-state index contributed by atoms with van der Waals surface area (Å²) in [4.78, 5) is 20.2. The number of nitrogens with zero attached hydrogens (tertiary/aromatic N) is 2. The first-order valence-electron chi connectivity index (χ1n) is 5.89. The second kappa shape index (κ2) is 4.69. The van der Waals surface area contributed by atoms with Crippen LogP contribution >= 0.6 is 0 Å². The van der Waals surface area contributed by atoms with E-state index in [0.717, 1.165) is 16.7 Å². The molecule has 1 aromatic carbocycles. The first-order chi connectivity index (χ1) is 8.48. The number of Topliss-reactive ketones (excluding diaryl/α,β-unsaturated/α-hetero) is 1. The maximum Gasteiger partial charge on any atom is 0.168 e. The van der Waals surface area contributed by atoms with Crippen molar-refractivity contribution in [1.29, 1.82) is 0 Å². The second-order valence-corrected chi connectivity index (χ2v) is 5.29. The van der Waals surface area contributed by atoms with Gasteiger partial charge in [-0.2, -0.15) is 0 Å². The SMILES string of the molecule is CC(C)(C)C(=O)c1cccc(-c2cncnc2)c1. The molecule has 0 spiro atoms. The van der Waals surface area contributed by atoms with Crippen LogP contribution in [0.3, 0.4) is 0 Å². The number of hydrogen-bond donors (Lipinski definition) is 0. The van der Waals surface area contributed by atoms with Crippen LogP contribution in [-0.2, 0) is 0 Å². The Kier molecular flexibility index (Phi) is 3.24. The van der Waals surface area contributed by atoms with Gasteiger partial charge in [0.25, 0.3) is 0 Å². The zero-order chi connectivity index (χ0) is 13.2. The molecule has 0 radical (unpaired) electrons. The van der Waals surface area contributed by atoms with Gasteiger partial charge in [-0.25, -0.2) is 9.97 Å². The molecule has 0 unspecified atom stereocenters. The molecule has 2 aromatic rings. The number of benzene rings is 1. The van der Waals surface area contributed by atoms with Crippen LogP contribution < -0.4 is 0 Å². The maximum absolute atomic E-state index is 12.2. The second-order valence-electron chi connectivity index (χ2n) is 5.29. The molecule has 18 heavy (non-hydrogen) atoms. The molecular weight excluding hydrogens is 224 g/mol. The molecule has 0 bridgehead atoms. The quantitative estimate of drug-likeness (QED) is 0.756. The molecule has 0 aliphatic rings. The highest BCUT2D eigenvalue weighted by Gasteiger charge is 2.22. The zero-order valence-corrected chi connectivity index (χ0v) is 10.8. The molecule has 0 saturated heterocycles. The molecule has 0 aliphatic heterocycles.